The predicted molar refractivity (Wildman–Crippen MR) is 57.1 cm³/mol. The van der Waals surface area contributed by atoms with Crippen LogP contribution in [0.25, 0.3) is 0 Å². The van der Waals surface area contributed by atoms with Gasteiger partial charge in [0, 0.05) is 19.5 Å². The van der Waals surface area contributed by atoms with Gasteiger partial charge in [0.05, 0.1) is 0 Å². The maximum atomic E-state index is 13.7. The third-order valence-corrected chi connectivity index (χ3v) is 2.19. The van der Waals surface area contributed by atoms with Crippen molar-refractivity contribution in [3.8, 4) is 0 Å². The minimum Gasteiger partial charge on any atom is -0.328 e. The molecule has 1 aromatic heterocycles. The Hall–Kier alpha value is -0.970. The van der Waals surface area contributed by atoms with Crippen molar-refractivity contribution in [3.05, 3.63) is 12.2 Å². The molecule has 15 heavy (non-hydrogen) atoms. The van der Waals surface area contributed by atoms with Crippen molar-refractivity contribution in [1.82, 2.24) is 14.8 Å². The summed E-state index contributed by atoms with van der Waals surface area (Å²) in [7, 11) is 0. The average molecular weight is 214 g/mol. The number of hydrogen-bond acceptors (Lipinski definition) is 3. The molecule has 1 aromatic rings. The molecule has 0 fully saturated rings. The van der Waals surface area contributed by atoms with Crippen molar-refractivity contribution in [2.45, 2.75) is 39.4 Å². The van der Waals surface area contributed by atoms with Crippen molar-refractivity contribution < 1.29 is 4.39 Å². The molecule has 0 amide bonds. The summed E-state index contributed by atoms with van der Waals surface area (Å²) in [6.07, 6.45) is 1.68. The first-order valence-electron chi connectivity index (χ1n) is 5.20. The molecule has 0 aliphatic heterocycles. The Labute approximate surface area is 89.7 Å². The summed E-state index contributed by atoms with van der Waals surface area (Å²) in [4.78, 5) is 4.06. The van der Waals surface area contributed by atoms with Crippen LogP contribution in [0.4, 0.5) is 4.39 Å². The molecule has 0 bridgehead atoms. The van der Waals surface area contributed by atoms with E-state index in [2.05, 4.69) is 23.9 Å². The van der Waals surface area contributed by atoms with Gasteiger partial charge in [-0.25, -0.2) is 14.1 Å². The number of halogens is 1. The summed E-state index contributed by atoms with van der Waals surface area (Å²) in [5, 5.41) is 4.07. The molecule has 1 unspecified atom stereocenters. The molecule has 1 rings (SSSR count). The van der Waals surface area contributed by atoms with Crippen LogP contribution in [0.2, 0.25) is 0 Å². The van der Waals surface area contributed by atoms with Crippen molar-refractivity contribution in [3.63, 3.8) is 0 Å². The van der Waals surface area contributed by atoms with E-state index in [-0.39, 0.29) is 13.0 Å². The van der Waals surface area contributed by atoms with Crippen LogP contribution in [0, 0.1) is 5.92 Å². The average Bonchev–Trinajstić information content (AvgIpc) is 2.51. The van der Waals surface area contributed by atoms with Crippen LogP contribution in [0.3, 0.4) is 0 Å². The Morgan fingerprint density at radius 3 is 2.80 bits per heavy atom. The molecule has 0 aliphatic carbocycles. The highest BCUT2D eigenvalue weighted by atomic mass is 19.1. The number of rotatable bonds is 5. The van der Waals surface area contributed by atoms with E-state index in [1.54, 1.807) is 4.68 Å². The Kier molecular flexibility index (Phi) is 3.79. The maximum Gasteiger partial charge on any atom is 0.138 e. The zero-order valence-electron chi connectivity index (χ0n) is 9.57. The third kappa shape index (κ3) is 3.58. The van der Waals surface area contributed by atoms with Crippen LogP contribution in [0.15, 0.2) is 6.33 Å². The number of nitrogens with two attached hydrogens (primary N) is 1. The van der Waals surface area contributed by atoms with Crippen LogP contribution < -0.4 is 5.73 Å². The van der Waals surface area contributed by atoms with Gasteiger partial charge in [-0.2, -0.15) is 5.10 Å². The Balaban J connectivity index is 2.73. The van der Waals surface area contributed by atoms with Crippen LogP contribution in [0.1, 0.15) is 26.6 Å². The highest BCUT2D eigenvalue weighted by Gasteiger charge is 2.24. The Bertz CT molecular complexity index is 306. The van der Waals surface area contributed by atoms with Gasteiger partial charge in [-0.1, -0.05) is 13.8 Å². The van der Waals surface area contributed by atoms with Gasteiger partial charge in [0.25, 0.3) is 0 Å². The van der Waals surface area contributed by atoms with Crippen LogP contribution in [0.5, 0.6) is 0 Å². The van der Waals surface area contributed by atoms with Gasteiger partial charge in [-0.05, 0) is 12.8 Å². The molecule has 0 saturated carbocycles. The number of hydrogen-bond donors (Lipinski definition) is 1. The first-order chi connectivity index (χ1) is 6.94. The summed E-state index contributed by atoms with van der Waals surface area (Å²) in [6.45, 7) is 6.42. The summed E-state index contributed by atoms with van der Waals surface area (Å²) in [5.41, 5.74) is 3.94. The molecule has 1 atom stereocenters. The summed E-state index contributed by atoms with van der Waals surface area (Å²) in [5.74, 6) is 1.13. The maximum absolute atomic E-state index is 13.7. The zero-order chi connectivity index (χ0) is 11.5. The fraction of sp³-hybridized carbons (Fsp3) is 0.800. The van der Waals surface area contributed by atoms with Gasteiger partial charge in [-0.3, -0.25) is 0 Å². The van der Waals surface area contributed by atoms with Gasteiger partial charge in [-0.15, -0.1) is 0 Å². The standard InChI is InChI=1S/C10H19FN4/c1-8(2)5-15-9(13-7-14-15)4-10(3,11)6-12/h7-8H,4-6,12H2,1-3H3. The summed E-state index contributed by atoms with van der Waals surface area (Å²) < 4.78 is 15.4. The van der Waals surface area contributed by atoms with E-state index in [4.69, 9.17) is 5.73 Å². The van der Waals surface area contributed by atoms with E-state index >= 15 is 0 Å². The summed E-state index contributed by atoms with van der Waals surface area (Å²) >= 11 is 0. The number of alkyl halides is 1. The Morgan fingerprint density at radius 2 is 2.27 bits per heavy atom. The lowest BCUT2D eigenvalue weighted by Crippen LogP contribution is -2.33. The predicted octanol–water partition coefficient (Wildman–Crippen LogP) is 1.16. The summed E-state index contributed by atoms with van der Waals surface area (Å²) in [6, 6.07) is 0. The highest BCUT2D eigenvalue weighted by molar-refractivity contribution is 4.93. The molecule has 86 valence electrons. The molecule has 2 N–H and O–H groups in total. The highest BCUT2D eigenvalue weighted by Crippen LogP contribution is 2.15. The lowest BCUT2D eigenvalue weighted by atomic mass is 10.0. The van der Waals surface area contributed by atoms with Crippen LogP contribution in [-0.4, -0.2) is 27.0 Å². The molecule has 1 heterocycles. The van der Waals surface area contributed by atoms with E-state index in [1.165, 1.54) is 13.3 Å². The zero-order valence-corrected chi connectivity index (χ0v) is 9.57. The van der Waals surface area contributed by atoms with Gasteiger partial charge < -0.3 is 5.73 Å². The molecular formula is C10H19FN4. The smallest absolute Gasteiger partial charge is 0.138 e. The lowest BCUT2D eigenvalue weighted by Gasteiger charge is -2.18. The molecular weight excluding hydrogens is 195 g/mol. The first-order valence-corrected chi connectivity index (χ1v) is 5.20. The fourth-order valence-corrected chi connectivity index (χ4v) is 1.33. The number of nitrogens with zero attached hydrogens (tertiary/aromatic N) is 3. The quantitative estimate of drug-likeness (QED) is 0.800. The van der Waals surface area contributed by atoms with Crippen molar-refractivity contribution in [2.24, 2.45) is 11.7 Å². The van der Waals surface area contributed by atoms with Crippen LogP contribution >= 0.6 is 0 Å². The second-order valence-corrected chi connectivity index (χ2v) is 4.55. The van der Waals surface area contributed by atoms with Gasteiger partial charge in [0.2, 0.25) is 0 Å². The molecule has 0 spiro atoms. The minimum absolute atomic E-state index is 0.00153. The molecule has 0 saturated heterocycles. The normalized spacial score (nSPS) is 15.6. The Morgan fingerprint density at radius 1 is 1.60 bits per heavy atom. The molecule has 0 aromatic carbocycles. The van der Waals surface area contributed by atoms with Gasteiger partial charge >= 0.3 is 0 Å². The molecule has 0 radical (unpaired) electrons. The second-order valence-electron chi connectivity index (χ2n) is 4.55. The SMILES string of the molecule is CC(C)Cn1ncnc1CC(C)(F)CN. The molecule has 4 nitrogen and oxygen atoms in total. The van der Waals surface area contributed by atoms with E-state index in [0.29, 0.717) is 11.7 Å². The molecule has 5 heteroatoms. The second kappa shape index (κ2) is 4.70. The van der Waals surface area contributed by atoms with Crippen molar-refractivity contribution >= 4 is 0 Å². The number of aromatic nitrogens is 3. The van der Waals surface area contributed by atoms with E-state index < -0.39 is 5.67 Å². The lowest BCUT2D eigenvalue weighted by molar-refractivity contribution is 0.193. The van der Waals surface area contributed by atoms with Gasteiger partial charge in [0.1, 0.15) is 17.8 Å². The van der Waals surface area contributed by atoms with E-state index in [1.807, 2.05) is 0 Å². The third-order valence-electron chi connectivity index (χ3n) is 2.19. The van der Waals surface area contributed by atoms with E-state index in [9.17, 15) is 4.39 Å². The van der Waals surface area contributed by atoms with Crippen molar-refractivity contribution in [1.29, 1.82) is 0 Å². The van der Waals surface area contributed by atoms with E-state index in [0.717, 1.165) is 6.54 Å². The fourth-order valence-electron chi connectivity index (χ4n) is 1.33. The monoisotopic (exact) mass is 214 g/mol. The topological polar surface area (TPSA) is 56.7 Å². The van der Waals surface area contributed by atoms with Crippen molar-refractivity contribution in [2.75, 3.05) is 6.54 Å². The largest absolute Gasteiger partial charge is 0.328 e. The van der Waals surface area contributed by atoms with Crippen LogP contribution in [-0.2, 0) is 13.0 Å². The van der Waals surface area contributed by atoms with Gasteiger partial charge in [0.15, 0.2) is 0 Å². The molecule has 0 aliphatic rings. The minimum atomic E-state index is -1.40. The first kappa shape index (κ1) is 12.1.